The molecular weight excluding hydrogens is 271 g/mol. The molecule has 0 spiro atoms. The Morgan fingerprint density at radius 1 is 1.06 bits per heavy atom. The molecule has 82 valence electrons. The summed E-state index contributed by atoms with van der Waals surface area (Å²) in [6, 6.07) is 5.94. The van der Waals surface area contributed by atoms with E-state index >= 15 is 0 Å². The van der Waals surface area contributed by atoms with Crippen LogP contribution in [0.15, 0.2) is 29.2 Å². The Balaban J connectivity index is 0.00000144. The summed E-state index contributed by atoms with van der Waals surface area (Å²) in [5, 5.41) is 0. The van der Waals surface area contributed by atoms with Crippen LogP contribution in [0.4, 0.5) is 0 Å². The van der Waals surface area contributed by atoms with E-state index in [9.17, 15) is 18.0 Å². The number of carbonyl (C=O) groups is 2. The third-order valence-electron chi connectivity index (χ3n) is 2.09. The van der Waals surface area contributed by atoms with Gasteiger partial charge in [-0.3, -0.25) is 4.55 Å². The maximum atomic E-state index is 11.5. The number of rotatable bonds is 1. The van der Waals surface area contributed by atoms with Gasteiger partial charge in [-0.25, -0.2) is 0 Å². The Labute approximate surface area is 140 Å². The van der Waals surface area contributed by atoms with Crippen LogP contribution < -0.4 is 51.4 Å². The molecule has 0 saturated carbocycles. The summed E-state index contributed by atoms with van der Waals surface area (Å²) >= 11 is 0. The molecule has 0 aromatic heterocycles. The monoisotopic (exact) mass is 276 g/mol. The summed E-state index contributed by atoms with van der Waals surface area (Å²) in [5.74, 6) is -2.22. The van der Waals surface area contributed by atoms with Crippen LogP contribution in [-0.2, 0) is 14.9 Å². The molecule has 0 heterocycles. The van der Waals surface area contributed by atoms with Gasteiger partial charge in [-0.1, -0.05) is 17.7 Å². The molecule has 0 saturated heterocycles. The van der Waals surface area contributed by atoms with Gasteiger partial charge in [0.1, 0.15) is 0 Å². The first-order valence-electron chi connectivity index (χ1n) is 4.21. The smallest absolute Gasteiger partial charge is 0.342 e. The maximum Gasteiger partial charge on any atom is 1.00 e. The Bertz CT molecular complexity index is 630. The summed E-state index contributed by atoms with van der Waals surface area (Å²) in [5.41, 5.74) is 0.264. The Morgan fingerprint density at radius 2 is 1.65 bits per heavy atom. The summed E-state index contributed by atoms with van der Waals surface area (Å²) in [6.07, 6.45) is 2.23. The molecule has 1 aliphatic rings. The van der Waals surface area contributed by atoms with E-state index < -0.39 is 26.6 Å². The third-order valence-corrected chi connectivity index (χ3v) is 2.89. The second-order valence-electron chi connectivity index (χ2n) is 3.13. The summed E-state index contributed by atoms with van der Waals surface area (Å²) in [6.45, 7) is 0. The molecule has 1 aromatic rings. The Kier molecular flexibility index (Phi) is 4.58. The summed E-state index contributed by atoms with van der Waals surface area (Å²) in [4.78, 5) is 21.8. The molecular formula is C10H5KO5S. The van der Waals surface area contributed by atoms with Crippen molar-refractivity contribution < 1.29 is 73.9 Å². The molecule has 0 radical (unpaired) electrons. The first-order chi connectivity index (χ1) is 7.41. The van der Waals surface area contributed by atoms with E-state index in [0.29, 0.717) is 0 Å². The van der Waals surface area contributed by atoms with E-state index in [1.165, 1.54) is 12.1 Å². The molecule has 1 aromatic carbocycles. The van der Waals surface area contributed by atoms with Gasteiger partial charge in [0.05, 0.1) is 4.91 Å². The zero-order chi connectivity index (χ0) is 11.9. The average Bonchev–Trinajstić information content (AvgIpc) is 2.22. The van der Waals surface area contributed by atoms with Crippen molar-refractivity contribution in [3.8, 4) is 0 Å². The fourth-order valence-corrected chi connectivity index (χ4v) is 1.94. The van der Waals surface area contributed by atoms with Crippen molar-refractivity contribution in [1.29, 1.82) is 0 Å². The molecule has 0 unspecified atom stereocenters. The number of fused-ring (bicyclic) bond motifs is 1. The molecule has 2 rings (SSSR count). The quantitative estimate of drug-likeness (QED) is 0.262. The van der Waals surface area contributed by atoms with Gasteiger partial charge in [0.15, 0.2) is 11.6 Å². The van der Waals surface area contributed by atoms with E-state index in [2.05, 4.69) is 6.08 Å². The van der Waals surface area contributed by atoms with E-state index in [-0.39, 0.29) is 62.5 Å². The van der Waals surface area contributed by atoms with Crippen molar-refractivity contribution in [3.05, 3.63) is 46.4 Å². The maximum absolute atomic E-state index is 11.5. The molecule has 0 bridgehead atoms. The van der Waals surface area contributed by atoms with Gasteiger partial charge < -0.3 is 9.59 Å². The second kappa shape index (κ2) is 5.23. The zero-order valence-electron chi connectivity index (χ0n) is 8.80. The first kappa shape index (κ1) is 14.9. The van der Waals surface area contributed by atoms with Crippen LogP contribution in [0.5, 0.6) is 0 Å². The van der Waals surface area contributed by atoms with Crippen molar-refractivity contribution in [2.75, 3.05) is 0 Å². The summed E-state index contributed by atoms with van der Waals surface area (Å²) < 4.78 is 30.4. The Morgan fingerprint density at radius 3 is 2.24 bits per heavy atom. The van der Waals surface area contributed by atoms with Crippen LogP contribution in [0.1, 0.15) is 15.9 Å². The van der Waals surface area contributed by atoms with Crippen molar-refractivity contribution in [2.45, 2.75) is 0 Å². The standard InChI is InChI=1S/C10H5O5S.K/c11-9-7-4-2-1-3-6(7)5-8(10(9)12)16(13,14)15;/h1-4H,(H,13,14,15);/q-1;+1. The van der Waals surface area contributed by atoms with Gasteiger partial charge in [-0.2, -0.15) is 8.42 Å². The number of carbonyl (C=O) groups excluding carboxylic acids is 2. The molecule has 0 atom stereocenters. The molecule has 1 aliphatic carbocycles. The topological polar surface area (TPSA) is 88.5 Å². The van der Waals surface area contributed by atoms with E-state index in [0.717, 1.165) is 0 Å². The van der Waals surface area contributed by atoms with Gasteiger partial charge in [-0.05, 0) is 0 Å². The molecule has 17 heavy (non-hydrogen) atoms. The fraction of sp³-hybridized carbons (Fsp3) is 0. The number of benzene rings is 1. The Hall–Kier alpha value is -0.154. The van der Waals surface area contributed by atoms with Crippen molar-refractivity contribution in [2.24, 2.45) is 0 Å². The van der Waals surface area contributed by atoms with Gasteiger partial charge in [0.25, 0.3) is 10.1 Å². The minimum Gasteiger partial charge on any atom is -0.342 e. The van der Waals surface area contributed by atoms with Crippen LogP contribution >= 0.6 is 0 Å². The van der Waals surface area contributed by atoms with Crippen LogP contribution in [0.2, 0.25) is 0 Å². The molecule has 5 nitrogen and oxygen atoms in total. The minimum atomic E-state index is -4.72. The van der Waals surface area contributed by atoms with Crippen LogP contribution in [0.3, 0.4) is 0 Å². The average molecular weight is 276 g/mol. The number of ketones is 2. The first-order valence-corrected chi connectivity index (χ1v) is 5.65. The predicted molar refractivity (Wildman–Crippen MR) is 53.2 cm³/mol. The van der Waals surface area contributed by atoms with Gasteiger partial charge in [-0.15, -0.1) is 23.8 Å². The van der Waals surface area contributed by atoms with Crippen molar-refractivity contribution in [3.63, 3.8) is 0 Å². The molecule has 0 fully saturated rings. The van der Waals surface area contributed by atoms with Gasteiger partial charge in [0, 0.05) is 0 Å². The van der Waals surface area contributed by atoms with Crippen LogP contribution in [-0.4, -0.2) is 24.5 Å². The summed E-state index contributed by atoms with van der Waals surface area (Å²) in [7, 11) is -4.72. The third kappa shape index (κ3) is 2.82. The van der Waals surface area contributed by atoms with E-state index in [4.69, 9.17) is 4.55 Å². The van der Waals surface area contributed by atoms with Crippen molar-refractivity contribution >= 4 is 21.7 Å². The van der Waals surface area contributed by atoms with Gasteiger partial charge in [0.2, 0.25) is 0 Å². The van der Waals surface area contributed by atoms with Crippen LogP contribution in [0.25, 0.3) is 0 Å². The molecule has 0 aliphatic heterocycles. The number of Topliss-reactive ketones (excluding diaryl/α,β-unsaturated/α-hetero) is 2. The van der Waals surface area contributed by atoms with E-state index in [1.807, 2.05) is 0 Å². The number of allylic oxidation sites excluding steroid dienone is 1. The minimum absolute atomic E-state index is 0. The molecule has 1 N–H and O–H groups in total. The van der Waals surface area contributed by atoms with Gasteiger partial charge >= 0.3 is 51.4 Å². The molecule has 0 amide bonds. The number of hydrogen-bond acceptors (Lipinski definition) is 4. The number of hydrogen-bond donors (Lipinski definition) is 1. The predicted octanol–water partition coefficient (Wildman–Crippen LogP) is -2.62. The second-order valence-corrected chi connectivity index (χ2v) is 4.49. The largest absolute Gasteiger partial charge is 1.00 e. The normalized spacial score (nSPS) is 14.8. The van der Waals surface area contributed by atoms with E-state index in [1.54, 1.807) is 12.1 Å². The zero-order valence-corrected chi connectivity index (χ0v) is 12.7. The SMILES string of the molecule is O=C1C(=O)c2ccccc2[C-]=C1S(=O)(=O)O.[K+]. The van der Waals surface area contributed by atoms with Crippen molar-refractivity contribution in [1.82, 2.24) is 0 Å². The fourth-order valence-electron chi connectivity index (χ4n) is 1.38. The van der Waals surface area contributed by atoms with Crippen LogP contribution in [0, 0.1) is 6.08 Å². The molecule has 7 heteroatoms.